The first-order chi connectivity index (χ1) is 5.38. The van der Waals surface area contributed by atoms with Gasteiger partial charge in [-0.2, -0.15) is 0 Å². The van der Waals surface area contributed by atoms with E-state index in [9.17, 15) is 0 Å². The number of rotatable bonds is 1. The fourth-order valence-electron chi connectivity index (χ4n) is 2.24. The van der Waals surface area contributed by atoms with Crippen molar-refractivity contribution in [2.45, 2.75) is 31.7 Å². The molecule has 1 saturated carbocycles. The van der Waals surface area contributed by atoms with Crippen LogP contribution in [0.4, 0.5) is 0 Å². The first-order valence-electron chi connectivity index (χ1n) is 4.71. The van der Waals surface area contributed by atoms with Gasteiger partial charge in [-0.3, -0.25) is 0 Å². The van der Waals surface area contributed by atoms with Crippen molar-refractivity contribution in [2.24, 2.45) is 17.6 Å². The molecule has 64 valence electrons. The van der Waals surface area contributed by atoms with Crippen molar-refractivity contribution in [3.63, 3.8) is 0 Å². The molecule has 0 aromatic carbocycles. The van der Waals surface area contributed by atoms with Gasteiger partial charge in [0.1, 0.15) is 0 Å². The smallest absolute Gasteiger partial charge is 0.0497 e. The topological polar surface area (TPSA) is 35.2 Å². The summed E-state index contributed by atoms with van der Waals surface area (Å²) < 4.78 is 5.43. The summed E-state index contributed by atoms with van der Waals surface area (Å²) in [6.45, 7) is 1.94. The second-order valence-electron chi connectivity index (χ2n) is 3.88. The van der Waals surface area contributed by atoms with Crippen LogP contribution in [0, 0.1) is 11.8 Å². The lowest BCUT2D eigenvalue weighted by molar-refractivity contribution is 0.00423. The Morgan fingerprint density at radius 2 is 2.09 bits per heavy atom. The largest absolute Gasteiger partial charge is 0.381 e. The molecule has 0 aromatic rings. The highest BCUT2D eigenvalue weighted by Crippen LogP contribution is 2.36. The van der Waals surface area contributed by atoms with E-state index in [1.54, 1.807) is 0 Å². The van der Waals surface area contributed by atoms with Gasteiger partial charge in [-0.05, 0) is 37.5 Å². The van der Waals surface area contributed by atoms with E-state index in [1.165, 1.54) is 25.7 Å². The van der Waals surface area contributed by atoms with Crippen molar-refractivity contribution in [1.29, 1.82) is 0 Å². The van der Waals surface area contributed by atoms with Gasteiger partial charge in [0.2, 0.25) is 0 Å². The Balaban J connectivity index is 1.83. The van der Waals surface area contributed by atoms with E-state index in [2.05, 4.69) is 0 Å². The molecule has 0 radical (unpaired) electrons. The maximum atomic E-state index is 5.90. The van der Waals surface area contributed by atoms with Crippen molar-refractivity contribution >= 4 is 0 Å². The second-order valence-corrected chi connectivity index (χ2v) is 3.88. The van der Waals surface area contributed by atoms with E-state index in [4.69, 9.17) is 10.5 Å². The highest BCUT2D eigenvalue weighted by molar-refractivity contribution is 4.89. The van der Waals surface area contributed by atoms with Gasteiger partial charge in [0.25, 0.3) is 0 Å². The van der Waals surface area contributed by atoms with Crippen molar-refractivity contribution in [3.8, 4) is 0 Å². The molecular weight excluding hydrogens is 138 g/mol. The summed E-state index contributed by atoms with van der Waals surface area (Å²) in [5.74, 6) is 1.57. The molecule has 2 N–H and O–H groups in total. The summed E-state index contributed by atoms with van der Waals surface area (Å²) in [6.07, 6.45) is 5.17. The first kappa shape index (κ1) is 7.56. The van der Waals surface area contributed by atoms with Crippen LogP contribution in [0.3, 0.4) is 0 Å². The third-order valence-corrected chi connectivity index (χ3v) is 3.18. The second kappa shape index (κ2) is 3.11. The lowest BCUT2D eigenvalue weighted by Gasteiger charge is -2.41. The highest BCUT2D eigenvalue weighted by atomic mass is 16.5. The predicted octanol–water partition coefficient (Wildman–Crippen LogP) is 1.15. The van der Waals surface area contributed by atoms with Crippen molar-refractivity contribution in [3.05, 3.63) is 0 Å². The molecule has 1 heterocycles. The van der Waals surface area contributed by atoms with Crippen LogP contribution in [0.15, 0.2) is 0 Å². The third kappa shape index (κ3) is 1.42. The Labute approximate surface area is 68.1 Å². The molecular formula is C9H17NO. The third-order valence-electron chi connectivity index (χ3n) is 3.18. The van der Waals surface area contributed by atoms with Gasteiger partial charge in [0, 0.05) is 19.3 Å². The Hall–Kier alpha value is -0.0800. The van der Waals surface area contributed by atoms with Crippen molar-refractivity contribution in [1.82, 2.24) is 0 Å². The van der Waals surface area contributed by atoms with Crippen LogP contribution in [0.2, 0.25) is 0 Å². The highest BCUT2D eigenvalue weighted by Gasteiger charge is 2.35. The summed E-state index contributed by atoms with van der Waals surface area (Å²) in [7, 11) is 0. The molecule has 0 amide bonds. The Morgan fingerprint density at radius 3 is 2.55 bits per heavy atom. The van der Waals surface area contributed by atoms with E-state index in [-0.39, 0.29) is 0 Å². The van der Waals surface area contributed by atoms with Gasteiger partial charge in [0.15, 0.2) is 0 Å². The van der Waals surface area contributed by atoms with Crippen molar-refractivity contribution in [2.75, 3.05) is 13.2 Å². The molecule has 1 aliphatic carbocycles. The average molecular weight is 155 g/mol. The van der Waals surface area contributed by atoms with Crippen LogP contribution in [0.5, 0.6) is 0 Å². The minimum Gasteiger partial charge on any atom is -0.381 e. The number of hydrogen-bond acceptors (Lipinski definition) is 2. The van der Waals surface area contributed by atoms with Crippen molar-refractivity contribution < 1.29 is 4.74 Å². The molecule has 2 fully saturated rings. The van der Waals surface area contributed by atoms with Gasteiger partial charge in [-0.1, -0.05) is 0 Å². The van der Waals surface area contributed by atoms with Crippen LogP contribution in [-0.4, -0.2) is 19.3 Å². The molecule has 2 heteroatoms. The number of ether oxygens (including phenoxy) is 1. The van der Waals surface area contributed by atoms with Crippen LogP contribution in [0.1, 0.15) is 25.7 Å². The predicted molar refractivity (Wildman–Crippen MR) is 44.2 cm³/mol. The zero-order chi connectivity index (χ0) is 7.68. The van der Waals surface area contributed by atoms with E-state index >= 15 is 0 Å². The lowest BCUT2D eigenvalue weighted by Crippen LogP contribution is -2.45. The summed E-state index contributed by atoms with van der Waals surface area (Å²) in [5.41, 5.74) is 5.90. The number of hydrogen-bond donors (Lipinski definition) is 1. The fraction of sp³-hybridized carbons (Fsp3) is 1.00. The maximum Gasteiger partial charge on any atom is 0.0497 e. The monoisotopic (exact) mass is 155 g/mol. The van der Waals surface area contributed by atoms with E-state index in [0.29, 0.717) is 6.04 Å². The van der Waals surface area contributed by atoms with Gasteiger partial charge in [-0.25, -0.2) is 0 Å². The van der Waals surface area contributed by atoms with E-state index in [0.717, 1.165) is 25.0 Å². The van der Waals surface area contributed by atoms with Gasteiger partial charge in [-0.15, -0.1) is 0 Å². The maximum absolute atomic E-state index is 5.90. The molecule has 3 atom stereocenters. The van der Waals surface area contributed by atoms with Gasteiger partial charge in [0.05, 0.1) is 0 Å². The molecule has 3 unspecified atom stereocenters. The quantitative estimate of drug-likeness (QED) is 0.616. The molecule has 1 saturated heterocycles. The molecule has 0 spiro atoms. The molecule has 2 rings (SSSR count). The Morgan fingerprint density at radius 1 is 1.18 bits per heavy atom. The normalized spacial score (nSPS) is 45.0. The van der Waals surface area contributed by atoms with Gasteiger partial charge < -0.3 is 10.5 Å². The summed E-state index contributed by atoms with van der Waals surface area (Å²) in [5, 5.41) is 0. The van der Waals surface area contributed by atoms with Crippen LogP contribution in [0.25, 0.3) is 0 Å². The molecule has 0 bridgehead atoms. The zero-order valence-electron chi connectivity index (χ0n) is 6.96. The molecule has 2 nitrogen and oxygen atoms in total. The SMILES string of the molecule is NC1CCC1C1CCCOC1. The minimum atomic E-state index is 0.488. The minimum absolute atomic E-state index is 0.488. The van der Waals surface area contributed by atoms with Crippen LogP contribution < -0.4 is 5.73 Å². The number of nitrogens with two attached hydrogens (primary N) is 1. The Kier molecular flexibility index (Phi) is 2.14. The zero-order valence-corrected chi connectivity index (χ0v) is 6.96. The van der Waals surface area contributed by atoms with Gasteiger partial charge >= 0.3 is 0 Å². The van der Waals surface area contributed by atoms with Crippen LogP contribution >= 0.6 is 0 Å². The lowest BCUT2D eigenvalue weighted by atomic mass is 9.70. The van der Waals surface area contributed by atoms with E-state index in [1.807, 2.05) is 0 Å². The summed E-state index contributed by atoms with van der Waals surface area (Å²) in [6, 6.07) is 0.488. The van der Waals surface area contributed by atoms with Crippen LogP contribution in [-0.2, 0) is 4.74 Å². The molecule has 0 aromatic heterocycles. The molecule has 2 aliphatic rings. The first-order valence-corrected chi connectivity index (χ1v) is 4.71. The summed E-state index contributed by atoms with van der Waals surface area (Å²) >= 11 is 0. The van der Waals surface area contributed by atoms with E-state index < -0.39 is 0 Å². The fourth-order valence-corrected chi connectivity index (χ4v) is 2.24. The standard InChI is InChI=1S/C9H17NO/c10-9-4-3-8(9)7-2-1-5-11-6-7/h7-9H,1-6,10H2. The summed E-state index contributed by atoms with van der Waals surface area (Å²) in [4.78, 5) is 0. The molecule has 1 aliphatic heterocycles. The Bertz CT molecular complexity index is 132. The molecule has 11 heavy (non-hydrogen) atoms. The average Bonchev–Trinajstić information content (AvgIpc) is 2.04.